The van der Waals surface area contributed by atoms with Gasteiger partial charge in [0.05, 0.1) is 6.61 Å². The minimum absolute atomic E-state index is 0.312. The quantitative estimate of drug-likeness (QED) is 0.510. The van der Waals surface area contributed by atoms with E-state index in [1.165, 1.54) is 0 Å². The summed E-state index contributed by atoms with van der Waals surface area (Å²) in [5, 5.41) is 2.83. The van der Waals surface area contributed by atoms with E-state index < -0.39 is 17.5 Å². The van der Waals surface area contributed by atoms with E-state index in [0.29, 0.717) is 13.0 Å². The van der Waals surface area contributed by atoms with Crippen molar-refractivity contribution in [3.05, 3.63) is 35.4 Å². The van der Waals surface area contributed by atoms with Crippen LogP contribution in [-0.2, 0) is 26.3 Å². The lowest BCUT2D eigenvalue weighted by Crippen LogP contribution is -2.46. The second kappa shape index (κ2) is 6.63. The molecule has 2 aliphatic rings. The van der Waals surface area contributed by atoms with Crippen molar-refractivity contribution in [2.45, 2.75) is 44.6 Å². The fourth-order valence-corrected chi connectivity index (χ4v) is 3.46. The van der Waals surface area contributed by atoms with Crippen LogP contribution < -0.4 is 5.32 Å². The van der Waals surface area contributed by atoms with Crippen molar-refractivity contribution in [2.75, 3.05) is 13.2 Å². The SMILES string of the molecule is CCCCOC(=O)CN1C(=O)N[C@]2(CCCc3ccccc32)C1=O. The van der Waals surface area contributed by atoms with Gasteiger partial charge in [-0.25, -0.2) is 4.79 Å². The number of fused-ring (bicyclic) bond motifs is 2. The number of nitrogens with one attached hydrogen (secondary N) is 1. The number of urea groups is 1. The maximum atomic E-state index is 13.0. The fraction of sp³-hybridized carbons (Fsp3) is 0.500. The number of esters is 1. The molecule has 1 aromatic rings. The number of benzene rings is 1. The van der Waals surface area contributed by atoms with Gasteiger partial charge in [0.15, 0.2) is 0 Å². The number of carbonyl (C=O) groups excluding carboxylic acids is 3. The molecule has 0 unspecified atom stereocenters. The van der Waals surface area contributed by atoms with Crippen LogP contribution in [0.2, 0.25) is 0 Å². The molecule has 24 heavy (non-hydrogen) atoms. The van der Waals surface area contributed by atoms with E-state index in [1.807, 2.05) is 31.2 Å². The van der Waals surface area contributed by atoms with Crippen LogP contribution >= 0.6 is 0 Å². The Balaban J connectivity index is 1.79. The largest absolute Gasteiger partial charge is 0.464 e. The molecule has 1 spiro atoms. The predicted octanol–water partition coefficient (Wildman–Crippen LogP) is 2.11. The second-order valence-corrected chi connectivity index (χ2v) is 6.31. The first-order valence-electron chi connectivity index (χ1n) is 8.46. The molecule has 128 valence electrons. The molecule has 1 aliphatic heterocycles. The number of carbonyl (C=O) groups is 3. The van der Waals surface area contributed by atoms with E-state index in [1.54, 1.807) is 0 Å². The molecule has 6 nitrogen and oxygen atoms in total. The van der Waals surface area contributed by atoms with Crippen LogP contribution in [0.25, 0.3) is 0 Å². The van der Waals surface area contributed by atoms with E-state index in [9.17, 15) is 14.4 Å². The molecule has 1 fully saturated rings. The van der Waals surface area contributed by atoms with Gasteiger partial charge in [-0.05, 0) is 36.8 Å². The highest BCUT2D eigenvalue weighted by Gasteiger charge is 2.54. The first-order valence-corrected chi connectivity index (χ1v) is 8.46. The zero-order valence-corrected chi connectivity index (χ0v) is 13.8. The summed E-state index contributed by atoms with van der Waals surface area (Å²) >= 11 is 0. The molecule has 1 aliphatic carbocycles. The molecule has 1 saturated heterocycles. The highest BCUT2D eigenvalue weighted by molar-refractivity contribution is 6.09. The predicted molar refractivity (Wildman–Crippen MR) is 87.2 cm³/mol. The maximum absolute atomic E-state index is 13.0. The Kier molecular flexibility index (Phi) is 4.55. The zero-order chi connectivity index (χ0) is 17.2. The minimum atomic E-state index is -1.03. The summed E-state index contributed by atoms with van der Waals surface area (Å²) in [4.78, 5) is 38.1. The molecule has 3 amide bonds. The lowest BCUT2D eigenvalue weighted by atomic mass is 9.76. The standard InChI is InChI=1S/C18H22N2O4/c1-2-3-11-24-15(21)12-20-16(22)18(19-17(20)23)10-6-8-13-7-4-5-9-14(13)18/h4-5,7,9H,2-3,6,8,10-12H2,1H3,(H,19,23)/t18-/m0/s1. The molecule has 1 aromatic carbocycles. The zero-order valence-electron chi connectivity index (χ0n) is 13.8. The Bertz CT molecular complexity index is 673. The summed E-state index contributed by atoms with van der Waals surface area (Å²) in [7, 11) is 0. The van der Waals surface area contributed by atoms with E-state index in [2.05, 4.69) is 5.32 Å². The van der Waals surface area contributed by atoms with Crippen molar-refractivity contribution in [1.29, 1.82) is 0 Å². The minimum Gasteiger partial charge on any atom is -0.464 e. The van der Waals surface area contributed by atoms with Crippen molar-refractivity contribution in [3.8, 4) is 0 Å². The maximum Gasteiger partial charge on any atom is 0.326 e. The van der Waals surface area contributed by atoms with Crippen molar-refractivity contribution in [2.24, 2.45) is 0 Å². The van der Waals surface area contributed by atoms with Crippen LogP contribution in [0, 0.1) is 0 Å². The Morgan fingerprint density at radius 2 is 2.12 bits per heavy atom. The fourth-order valence-electron chi connectivity index (χ4n) is 3.46. The average molecular weight is 330 g/mol. The molecule has 3 rings (SSSR count). The van der Waals surface area contributed by atoms with Gasteiger partial charge in [-0.1, -0.05) is 37.6 Å². The highest BCUT2D eigenvalue weighted by Crippen LogP contribution is 2.39. The molecule has 0 saturated carbocycles. The number of rotatable bonds is 5. The Morgan fingerprint density at radius 1 is 1.33 bits per heavy atom. The molecule has 1 N–H and O–H groups in total. The molecular formula is C18H22N2O4. The first-order chi connectivity index (χ1) is 11.6. The number of unbranched alkanes of at least 4 members (excludes halogenated alkanes) is 1. The first kappa shape index (κ1) is 16.5. The third kappa shape index (κ3) is 2.77. The highest BCUT2D eigenvalue weighted by atomic mass is 16.5. The van der Waals surface area contributed by atoms with E-state index in [0.717, 1.165) is 41.7 Å². The van der Waals surface area contributed by atoms with Crippen molar-refractivity contribution < 1.29 is 19.1 Å². The smallest absolute Gasteiger partial charge is 0.326 e. The third-order valence-electron chi connectivity index (χ3n) is 4.70. The van der Waals surface area contributed by atoms with Crippen molar-refractivity contribution in [1.82, 2.24) is 10.2 Å². The van der Waals surface area contributed by atoms with Gasteiger partial charge >= 0.3 is 12.0 Å². The van der Waals surface area contributed by atoms with Crippen LogP contribution in [0.4, 0.5) is 4.79 Å². The normalized spacial score (nSPS) is 22.5. The van der Waals surface area contributed by atoms with E-state index in [-0.39, 0.29) is 12.5 Å². The molecule has 0 aromatic heterocycles. The van der Waals surface area contributed by atoms with Gasteiger partial charge < -0.3 is 10.1 Å². The molecule has 0 radical (unpaired) electrons. The molecule has 1 atom stereocenters. The topological polar surface area (TPSA) is 75.7 Å². The number of hydrogen-bond donors (Lipinski definition) is 1. The van der Waals surface area contributed by atoms with Gasteiger partial charge in [0.25, 0.3) is 5.91 Å². The van der Waals surface area contributed by atoms with Crippen molar-refractivity contribution >= 4 is 17.9 Å². The van der Waals surface area contributed by atoms with Gasteiger partial charge in [-0.15, -0.1) is 0 Å². The van der Waals surface area contributed by atoms with Crippen LogP contribution in [0.15, 0.2) is 24.3 Å². The van der Waals surface area contributed by atoms with Crippen LogP contribution in [-0.4, -0.2) is 36.0 Å². The van der Waals surface area contributed by atoms with Crippen LogP contribution in [0.5, 0.6) is 0 Å². The molecular weight excluding hydrogens is 308 g/mol. The Labute approximate surface area is 141 Å². The van der Waals surface area contributed by atoms with E-state index >= 15 is 0 Å². The van der Waals surface area contributed by atoms with Gasteiger partial charge in [-0.2, -0.15) is 0 Å². The summed E-state index contributed by atoms with van der Waals surface area (Å²) in [6, 6.07) is 7.14. The monoisotopic (exact) mass is 330 g/mol. The van der Waals surface area contributed by atoms with Crippen LogP contribution in [0.3, 0.4) is 0 Å². The lowest BCUT2D eigenvalue weighted by Gasteiger charge is -2.33. The van der Waals surface area contributed by atoms with Gasteiger partial charge in [-0.3, -0.25) is 14.5 Å². The summed E-state index contributed by atoms with van der Waals surface area (Å²) in [6.45, 7) is 1.97. The molecule has 6 heteroatoms. The van der Waals surface area contributed by atoms with Gasteiger partial charge in [0.2, 0.25) is 0 Å². The number of nitrogens with zero attached hydrogens (tertiary/aromatic N) is 1. The van der Waals surface area contributed by atoms with Gasteiger partial charge in [0.1, 0.15) is 12.1 Å². The average Bonchev–Trinajstić information content (AvgIpc) is 2.81. The number of hydrogen-bond acceptors (Lipinski definition) is 4. The third-order valence-corrected chi connectivity index (χ3v) is 4.70. The molecule has 0 bridgehead atoms. The van der Waals surface area contributed by atoms with E-state index in [4.69, 9.17) is 4.74 Å². The van der Waals surface area contributed by atoms with Gasteiger partial charge in [0, 0.05) is 0 Å². The van der Waals surface area contributed by atoms with Crippen LogP contribution in [0.1, 0.15) is 43.7 Å². The summed E-state index contributed by atoms with van der Waals surface area (Å²) in [6.07, 6.45) is 3.94. The number of aryl methyl sites for hydroxylation is 1. The molecule has 1 heterocycles. The number of imide groups is 1. The summed E-state index contributed by atoms with van der Waals surface area (Å²) in [5.74, 6) is -0.903. The Hall–Kier alpha value is -2.37. The lowest BCUT2D eigenvalue weighted by molar-refractivity contribution is -0.148. The number of ether oxygens (including phenoxy) is 1. The number of amides is 3. The summed E-state index contributed by atoms with van der Waals surface area (Å²) < 4.78 is 5.07. The Morgan fingerprint density at radius 3 is 2.92 bits per heavy atom. The summed E-state index contributed by atoms with van der Waals surface area (Å²) in [5.41, 5.74) is 0.886. The second-order valence-electron chi connectivity index (χ2n) is 6.31. The van der Waals surface area contributed by atoms with Crippen molar-refractivity contribution in [3.63, 3.8) is 0 Å².